The number of hydrogen-bond donors (Lipinski definition) is 0. The Hall–Kier alpha value is -1.50. The van der Waals surface area contributed by atoms with E-state index in [4.69, 9.17) is 14.2 Å². The van der Waals surface area contributed by atoms with Crippen molar-refractivity contribution in [1.82, 2.24) is 0 Å². The van der Waals surface area contributed by atoms with Crippen molar-refractivity contribution in [3.05, 3.63) is 29.8 Å². The van der Waals surface area contributed by atoms with Crippen molar-refractivity contribution in [3.8, 4) is 17.6 Å². The Morgan fingerprint density at radius 1 is 0.839 bits per heavy atom. The minimum Gasteiger partial charge on any atom is -0.490 e. The fourth-order valence-electron chi connectivity index (χ4n) is 3.54. The quantitative estimate of drug-likeness (QED) is 0.410. The molecule has 0 unspecified atom stereocenters. The van der Waals surface area contributed by atoms with Gasteiger partial charge in [-0.2, -0.15) is 0 Å². The first-order valence-electron chi connectivity index (χ1n) is 12.0. The first-order valence-corrected chi connectivity index (χ1v) is 12.0. The average Bonchev–Trinajstić information content (AvgIpc) is 2.73. The van der Waals surface area contributed by atoms with E-state index in [2.05, 4.69) is 39.5 Å². The van der Waals surface area contributed by atoms with Crippen molar-refractivity contribution in [1.29, 1.82) is 0 Å². The van der Waals surface area contributed by atoms with Gasteiger partial charge in [-0.15, -0.1) is 0 Å². The summed E-state index contributed by atoms with van der Waals surface area (Å²) in [5.41, 5.74) is 1.08. The van der Waals surface area contributed by atoms with Crippen molar-refractivity contribution in [3.63, 3.8) is 0 Å². The Bertz CT molecular complexity index is 599. The average molecular weight is 435 g/mol. The predicted octanol–water partition coefficient (Wildman–Crippen LogP) is 7.76. The van der Waals surface area contributed by atoms with Crippen LogP contribution in [0.15, 0.2) is 24.3 Å². The smallest absolute Gasteiger partial charge is 0.119 e. The van der Waals surface area contributed by atoms with Crippen molar-refractivity contribution >= 4 is 0 Å². The molecule has 0 atom stereocenters. The highest BCUT2D eigenvalue weighted by Gasteiger charge is 2.30. The maximum Gasteiger partial charge on any atom is 0.119 e. The Kier molecular flexibility index (Phi) is 17.5. The lowest BCUT2D eigenvalue weighted by Crippen LogP contribution is -2.38. The molecule has 0 amide bonds. The molecule has 180 valence electrons. The van der Waals surface area contributed by atoms with Crippen LogP contribution in [0.4, 0.5) is 0 Å². The minimum absolute atomic E-state index is 0.0572. The van der Waals surface area contributed by atoms with E-state index >= 15 is 0 Å². The van der Waals surface area contributed by atoms with Crippen molar-refractivity contribution < 1.29 is 14.2 Å². The van der Waals surface area contributed by atoms with Crippen LogP contribution >= 0.6 is 0 Å². The van der Waals surface area contributed by atoms with Gasteiger partial charge in [0.05, 0.1) is 12.7 Å². The topological polar surface area (TPSA) is 27.7 Å². The lowest BCUT2D eigenvalue weighted by atomic mass is 9.76. The second kappa shape index (κ2) is 17.1. The molecule has 1 saturated carbocycles. The molecular weight excluding hydrogens is 384 g/mol. The summed E-state index contributed by atoms with van der Waals surface area (Å²) in [5.74, 6) is 7.64. The van der Waals surface area contributed by atoms with E-state index < -0.39 is 0 Å². The van der Waals surface area contributed by atoms with Crippen LogP contribution in [0.2, 0.25) is 0 Å². The van der Waals surface area contributed by atoms with Crippen LogP contribution in [0.3, 0.4) is 0 Å². The molecule has 0 saturated heterocycles. The van der Waals surface area contributed by atoms with Gasteiger partial charge in [-0.25, -0.2) is 0 Å². The molecule has 1 aliphatic carbocycles. The Balaban J connectivity index is 0. The third-order valence-electron chi connectivity index (χ3n) is 4.54. The van der Waals surface area contributed by atoms with Crippen LogP contribution in [0.5, 0.6) is 5.75 Å². The summed E-state index contributed by atoms with van der Waals surface area (Å²) in [5, 5.41) is 0. The summed E-state index contributed by atoms with van der Waals surface area (Å²) in [6, 6.07) is 8.08. The lowest BCUT2D eigenvalue weighted by molar-refractivity contribution is -0.0381. The molecule has 1 aromatic rings. The van der Waals surface area contributed by atoms with E-state index in [1.165, 1.54) is 0 Å². The Morgan fingerprint density at radius 2 is 1.35 bits per heavy atom. The van der Waals surface area contributed by atoms with Crippen molar-refractivity contribution in [2.75, 3.05) is 20.8 Å². The van der Waals surface area contributed by atoms with Crippen LogP contribution in [0.1, 0.15) is 94.1 Å². The van der Waals surface area contributed by atoms with E-state index in [0.29, 0.717) is 6.10 Å². The van der Waals surface area contributed by atoms with Crippen LogP contribution in [0.25, 0.3) is 0 Å². The zero-order valence-electron chi connectivity index (χ0n) is 22.5. The predicted molar refractivity (Wildman–Crippen MR) is 136 cm³/mol. The molecule has 3 heteroatoms. The molecule has 3 nitrogen and oxygen atoms in total. The van der Waals surface area contributed by atoms with Gasteiger partial charge in [-0.3, -0.25) is 0 Å². The zero-order valence-corrected chi connectivity index (χ0v) is 22.5. The van der Waals surface area contributed by atoms with Gasteiger partial charge in [0.15, 0.2) is 0 Å². The van der Waals surface area contributed by atoms with Crippen LogP contribution in [0, 0.1) is 22.7 Å². The molecule has 0 heterocycles. The Morgan fingerprint density at radius 3 is 1.81 bits per heavy atom. The standard InChI is InChI=1S/C22H32O3.3C2H6/c1-21(2,15-22(3,4)16-23-5)12-11-17-7-9-18(10-8-17)25-20-13-19(14-20)24-6;3*1-2/h7-10,19-20H,13-16H2,1-6H3;3*1-2H3. The maximum absolute atomic E-state index is 5.93. The van der Waals surface area contributed by atoms with Gasteiger partial charge in [0, 0.05) is 38.0 Å². The largest absolute Gasteiger partial charge is 0.490 e. The summed E-state index contributed by atoms with van der Waals surface area (Å²) in [4.78, 5) is 0. The summed E-state index contributed by atoms with van der Waals surface area (Å²) in [6.45, 7) is 21.6. The second-order valence-corrected chi connectivity index (χ2v) is 8.50. The second-order valence-electron chi connectivity index (χ2n) is 8.50. The molecule has 0 spiro atoms. The summed E-state index contributed by atoms with van der Waals surface area (Å²) < 4.78 is 16.5. The first kappa shape index (κ1) is 31.7. The molecule has 1 fully saturated rings. The molecule has 0 bridgehead atoms. The van der Waals surface area contributed by atoms with E-state index in [9.17, 15) is 0 Å². The van der Waals surface area contributed by atoms with Crippen molar-refractivity contribution in [2.24, 2.45) is 10.8 Å². The first-order chi connectivity index (χ1) is 14.7. The molecule has 0 aliphatic heterocycles. The normalized spacial score (nSPS) is 17.0. The van der Waals surface area contributed by atoms with Gasteiger partial charge >= 0.3 is 0 Å². The third-order valence-corrected chi connectivity index (χ3v) is 4.54. The highest BCUT2D eigenvalue weighted by Crippen LogP contribution is 2.33. The molecule has 0 N–H and O–H groups in total. The van der Waals surface area contributed by atoms with Crippen LogP contribution < -0.4 is 4.74 Å². The number of hydrogen-bond acceptors (Lipinski definition) is 3. The monoisotopic (exact) mass is 434 g/mol. The van der Waals surface area contributed by atoms with Crippen LogP contribution in [-0.2, 0) is 9.47 Å². The van der Waals surface area contributed by atoms with Gasteiger partial charge < -0.3 is 14.2 Å². The van der Waals surface area contributed by atoms with Gasteiger partial charge in [-0.1, -0.05) is 67.2 Å². The van der Waals surface area contributed by atoms with E-state index in [-0.39, 0.29) is 16.9 Å². The highest BCUT2D eigenvalue weighted by atomic mass is 16.5. The highest BCUT2D eigenvalue weighted by molar-refractivity contribution is 5.39. The SMILES string of the molecule is CC.CC.CC.COCC(C)(C)CC(C)(C)C#Cc1ccc(OC2CC(OC)C2)cc1. The molecule has 1 aliphatic rings. The lowest BCUT2D eigenvalue weighted by Gasteiger charge is -2.34. The van der Waals surface area contributed by atoms with Gasteiger partial charge in [-0.05, 0) is 49.9 Å². The number of rotatable bonds is 7. The number of benzene rings is 1. The maximum atomic E-state index is 5.93. The third kappa shape index (κ3) is 13.5. The van der Waals surface area contributed by atoms with Gasteiger partial charge in [0.2, 0.25) is 0 Å². The van der Waals surface area contributed by atoms with E-state index in [0.717, 1.165) is 37.2 Å². The van der Waals surface area contributed by atoms with Gasteiger partial charge in [0.1, 0.15) is 11.9 Å². The fraction of sp³-hybridized carbons (Fsp3) is 0.714. The minimum atomic E-state index is -0.0572. The number of methoxy groups -OCH3 is 2. The number of ether oxygens (including phenoxy) is 3. The molecular formula is C28H50O3. The van der Waals surface area contributed by atoms with Crippen LogP contribution in [-0.4, -0.2) is 33.0 Å². The molecule has 0 aromatic heterocycles. The van der Waals surface area contributed by atoms with E-state index in [1.54, 1.807) is 14.2 Å². The molecule has 1 aromatic carbocycles. The molecule has 2 rings (SSSR count). The fourth-order valence-corrected chi connectivity index (χ4v) is 3.54. The summed E-state index contributed by atoms with van der Waals surface area (Å²) in [6.07, 6.45) is 3.58. The zero-order chi connectivity index (χ0) is 24.5. The molecule has 31 heavy (non-hydrogen) atoms. The van der Waals surface area contributed by atoms with E-state index in [1.807, 2.05) is 65.8 Å². The summed E-state index contributed by atoms with van der Waals surface area (Å²) >= 11 is 0. The van der Waals surface area contributed by atoms with Gasteiger partial charge in [0.25, 0.3) is 0 Å². The van der Waals surface area contributed by atoms with Crippen molar-refractivity contribution in [2.45, 2.75) is 101 Å². The molecule has 0 radical (unpaired) electrons. The summed E-state index contributed by atoms with van der Waals surface area (Å²) in [7, 11) is 3.51. The Labute approximate surface area is 194 Å².